The van der Waals surface area contributed by atoms with Crippen LogP contribution in [0.15, 0.2) is 103 Å². The van der Waals surface area contributed by atoms with Crippen molar-refractivity contribution in [3.63, 3.8) is 0 Å². The molecule has 0 radical (unpaired) electrons. The molecule has 0 saturated heterocycles. The van der Waals surface area contributed by atoms with E-state index >= 15 is 0 Å². The standard InChI is InChI=1S/C17H20O2.C11H12O3.C7H6O2/c1-17(2,15(18)13-9-5-3-6-10-13)16(19)14-11-7-4-8-12-14;1-6-4-7(2)9(8(3)5-6)10(12)11(13)14;8-7(9)6-4-2-1-3-5-6/h3-12,15-16,18-19H,1-2H3;4-5H,1-3H3,(H,13,14);1-5H,(H,8,9). The summed E-state index contributed by atoms with van der Waals surface area (Å²) in [5, 5.41) is 38.0. The molecule has 0 bridgehead atoms. The SMILES string of the molecule is CC(C)(C(O)c1ccccc1)C(O)c1ccccc1.Cc1cc(C)c(C(=O)C(=O)O)c(C)c1.O=C(O)c1ccccc1. The van der Waals surface area contributed by atoms with Crippen LogP contribution in [0, 0.1) is 26.2 Å². The summed E-state index contributed by atoms with van der Waals surface area (Å²) < 4.78 is 0. The van der Waals surface area contributed by atoms with Crippen molar-refractivity contribution in [3.05, 3.63) is 142 Å². The summed E-state index contributed by atoms with van der Waals surface area (Å²) in [6.45, 7) is 9.16. The van der Waals surface area contributed by atoms with Gasteiger partial charge in [0.1, 0.15) is 0 Å². The summed E-state index contributed by atoms with van der Waals surface area (Å²) in [6, 6.07) is 30.8. The van der Waals surface area contributed by atoms with Gasteiger partial charge in [0.15, 0.2) is 0 Å². The largest absolute Gasteiger partial charge is 0.478 e. The molecule has 7 nitrogen and oxygen atoms in total. The number of aliphatic hydroxyl groups excluding tert-OH is 2. The summed E-state index contributed by atoms with van der Waals surface area (Å²) in [5.41, 5.74) is 4.08. The molecule has 0 amide bonds. The number of aliphatic carboxylic acids is 1. The molecule has 0 heterocycles. The van der Waals surface area contributed by atoms with Gasteiger partial charge in [-0.1, -0.05) is 110 Å². The summed E-state index contributed by atoms with van der Waals surface area (Å²) in [5.74, 6) is -3.12. The van der Waals surface area contributed by atoms with E-state index in [0.29, 0.717) is 11.1 Å². The first-order valence-corrected chi connectivity index (χ1v) is 13.4. The number of aliphatic hydroxyl groups is 2. The topological polar surface area (TPSA) is 132 Å². The Balaban J connectivity index is 0.000000235. The van der Waals surface area contributed by atoms with Crippen LogP contribution in [0.25, 0.3) is 0 Å². The van der Waals surface area contributed by atoms with Crippen LogP contribution in [0.5, 0.6) is 0 Å². The number of carbonyl (C=O) groups is 3. The van der Waals surface area contributed by atoms with Crippen LogP contribution in [0.1, 0.15) is 74.6 Å². The highest BCUT2D eigenvalue weighted by atomic mass is 16.4. The molecule has 4 aromatic rings. The van der Waals surface area contributed by atoms with Crippen molar-refractivity contribution in [1.82, 2.24) is 0 Å². The Bertz CT molecular complexity index is 1390. The third-order valence-electron chi connectivity index (χ3n) is 6.76. The van der Waals surface area contributed by atoms with Crippen molar-refractivity contribution in [3.8, 4) is 0 Å². The van der Waals surface area contributed by atoms with E-state index in [-0.39, 0.29) is 0 Å². The van der Waals surface area contributed by atoms with Crippen LogP contribution in [0.2, 0.25) is 0 Å². The van der Waals surface area contributed by atoms with Crippen molar-refractivity contribution < 1.29 is 34.8 Å². The minimum absolute atomic E-state index is 0.308. The predicted octanol–water partition coefficient (Wildman–Crippen LogP) is 6.74. The van der Waals surface area contributed by atoms with Crippen molar-refractivity contribution in [2.24, 2.45) is 5.41 Å². The second kappa shape index (κ2) is 15.4. The van der Waals surface area contributed by atoms with Crippen LogP contribution in [-0.4, -0.2) is 38.1 Å². The first kappa shape index (κ1) is 33.6. The normalized spacial score (nSPS) is 12.0. The van der Waals surface area contributed by atoms with Gasteiger partial charge in [0.25, 0.3) is 5.78 Å². The van der Waals surface area contributed by atoms with E-state index in [4.69, 9.17) is 10.2 Å². The second-order valence-electron chi connectivity index (χ2n) is 10.5. The van der Waals surface area contributed by atoms with Gasteiger partial charge in [0.05, 0.1) is 17.8 Å². The summed E-state index contributed by atoms with van der Waals surface area (Å²) in [7, 11) is 0. The van der Waals surface area contributed by atoms with Crippen LogP contribution in [0.3, 0.4) is 0 Å². The molecule has 4 aromatic carbocycles. The number of carboxylic acid groups (broad SMARTS) is 2. The minimum atomic E-state index is -1.40. The molecule has 4 N–H and O–H groups in total. The lowest BCUT2D eigenvalue weighted by atomic mass is 9.75. The lowest BCUT2D eigenvalue weighted by Gasteiger charge is -2.35. The molecule has 2 unspecified atom stereocenters. The second-order valence-corrected chi connectivity index (χ2v) is 10.5. The molecule has 220 valence electrons. The van der Waals surface area contributed by atoms with Crippen molar-refractivity contribution >= 4 is 17.7 Å². The van der Waals surface area contributed by atoms with Gasteiger partial charge >= 0.3 is 11.9 Å². The van der Waals surface area contributed by atoms with Gasteiger partial charge in [-0.3, -0.25) is 4.79 Å². The van der Waals surface area contributed by atoms with Gasteiger partial charge in [0.2, 0.25) is 0 Å². The molecule has 7 heteroatoms. The number of aromatic carboxylic acids is 1. The molecule has 2 atom stereocenters. The monoisotopic (exact) mass is 570 g/mol. The maximum atomic E-state index is 11.3. The van der Waals surface area contributed by atoms with Gasteiger partial charge in [-0.2, -0.15) is 0 Å². The number of carboxylic acids is 2. The molecular weight excluding hydrogens is 532 g/mol. The van der Waals surface area contributed by atoms with Gasteiger partial charge in [-0.15, -0.1) is 0 Å². The fourth-order valence-electron chi connectivity index (χ4n) is 4.51. The average Bonchev–Trinajstić information content (AvgIpc) is 2.97. The first-order chi connectivity index (χ1) is 19.8. The maximum Gasteiger partial charge on any atom is 0.377 e. The van der Waals surface area contributed by atoms with Gasteiger partial charge in [-0.05, 0) is 55.2 Å². The Morgan fingerprint density at radius 1 is 0.619 bits per heavy atom. The molecule has 0 aromatic heterocycles. The zero-order chi connectivity index (χ0) is 31.4. The van der Waals surface area contributed by atoms with E-state index in [0.717, 1.165) is 27.8 Å². The van der Waals surface area contributed by atoms with Crippen LogP contribution in [0.4, 0.5) is 0 Å². The molecule has 4 rings (SSSR count). The van der Waals surface area contributed by atoms with Crippen molar-refractivity contribution in [2.75, 3.05) is 0 Å². The van der Waals surface area contributed by atoms with Gasteiger partial charge in [-0.25, -0.2) is 9.59 Å². The summed E-state index contributed by atoms with van der Waals surface area (Å²) in [4.78, 5) is 32.0. The molecule has 0 aliphatic rings. The number of ketones is 1. The van der Waals surface area contributed by atoms with E-state index in [2.05, 4.69) is 0 Å². The first-order valence-electron chi connectivity index (χ1n) is 13.4. The number of rotatable bonds is 7. The Hall–Kier alpha value is -4.59. The minimum Gasteiger partial charge on any atom is -0.478 e. The maximum absolute atomic E-state index is 11.3. The third-order valence-corrected chi connectivity index (χ3v) is 6.76. The lowest BCUT2D eigenvalue weighted by molar-refractivity contribution is -0.131. The van der Waals surface area contributed by atoms with E-state index in [1.807, 2.05) is 93.6 Å². The quantitative estimate of drug-likeness (QED) is 0.143. The van der Waals surface area contributed by atoms with Crippen molar-refractivity contribution in [1.29, 1.82) is 0 Å². The number of aryl methyl sites for hydroxylation is 3. The lowest BCUT2D eigenvalue weighted by Crippen LogP contribution is -2.29. The Morgan fingerprint density at radius 3 is 1.29 bits per heavy atom. The molecule has 0 fully saturated rings. The summed E-state index contributed by atoms with van der Waals surface area (Å²) >= 11 is 0. The van der Waals surface area contributed by atoms with E-state index in [1.54, 1.807) is 44.2 Å². The van der Waals surface area contributed by atoms with Gasteiger partial charge < -0.3 is 20.4 Å². The highest BCUT2D eigenvalue weighted by Crippen LogP contribution is 2.43. The Labute approximate surface area is 246 Å². The predicted molar refractivity (Wildman–Crippen MR) is 163 cm³/mol. The highest BCUT2D eigenvalue weighted by Gasteiger charge is 2.37. The average molecular weight is 571 g/mol. The molecule has 0 aliphatic carbocycles. The fourth-order valence-corrected chi connectivity index (χ4v) is 4.51. The number of benzene rings is 4. The summed E-state index contributed by atoms with van der Waals surface area (Å²) in [6.07, 6.45) is -1.44. The van der Waals surface area contributed by atoms with E-state index in [9.17, 15) is 24.6 Å². The van der Waals surface area contributed by atoms with Crippen LogP contribution < -0.4 is 0 Å². The molecule has 0 saturated carbocycles. The molecule has 0 aliphatic heterocycles. The highest BCUT2D eigenvalue weighted by molar-refractivity contribution is 6.40. The zero-order valence-corrected chi connectivity index (χ0v) is 24.5. The molecule has 42 heavy (non-hydrogen) atoms. The van der Waals surface area contributed by atoms with Crippen LogP contribution >= 0.6 is 0 Å². The Morgan fingerprint density at radius 2 is 0.976 bits per heavy atom. The fraction of sp³-hybridized carbons (Fsp3) is 0.229. The van der Waals surface area contributed by atoms with Crippen molar-refractivity contribution in [2.45, 2.75) is 46.8 Å². The molecular formula is C35H38O7. The number of Topliss-reactive ketones (excluding diaryl/α,β-unsaturated/α-hetero) is 1. The molecule has 0 spiro atoms. The van der Waals surface area contributed by atoms with Crippen LogP contribution in [-0.2, 0) is 4.79 Å². The smallest absolute Gasteiger partial charge is 0.377 e. The zero-order valence-electron chi connectivity index (χ0n) is 24.5. The van der Waals surface area contributed by atoms with E-state index in [1.165, 1.54) is 0 Å². The Kier molecular flexibility index (Phi) is 12.3. The number of hydrogen-bond acceptors (Lipinski definition) is 5. The third kappa shape index (κ3) is 9.23. The van der Waals surface area contributed by atoms with E-state index < -0.39 is 35.3 Å². The number of hydrogen-bond donors (Lipinski definition) is 4. The van der Waals surface area contributed by atoms with Gasteiger partial charge in [0, 0.05) is 11.0 Å². The number of carbonyl (C=O) groups excluding carboxylic acids is 1.